The Bertz CT molecular complexity index is 727. The van der Waals surface area contributed by atoms with E-state index in [-0.39, 0.29) is 11.6 Å². The molecule has 3 rings (SSSR count). The third-order valence-corrected chi connectivity index (χ3v) is 3.00. The molecule has 5 nitrogen and oxygen atoms in total. The number of rotatable bonds is 3. The van der Waals surface area contributed by atoms with Crippen LogP contribution in [0.5, 0.6) is 0 Å². The zero-order chi connectivity index (χ0) is 13.2. The van der Waals surface area contributed by atoms with E-state index in [0.717, 1.165) is 11.0 Å². The fourth-order valence-corrected chi connectivity index (χ4v) is 2.00. The van der Waals surface area contributed by atoms with Crippen molar-refractivity contribution in [2.24, 2.45) is 5.73 Å². The van der Waals surface area contributed by atoms with E-state index in [1.165, 1.54) is 23.2 Å². The smallest absolute Gasteiger partial charge is 0.253 e. The Kier molecular flexibility index (Phi) is 2.89. The Morgan fingerprint density at radius 1 is 1.32 bits per heavy atom. The number of hydrogen-bond donors (Lipinski definition) is 1. The third-order valence-electron chi connectivity index (χ3n) is 3.00. The van der Waals surface area contributed by atoms with E-state index in [1.807, 2.05) is 30.3 Å². The molecule has 1 aromatic carbocycles. The number of hydrogen-bond acceptors (Lipinski definition) is 4. The van der Waals surface area contributed by atoms with Crippen molar-refractivity contribution < 1.29 is 4.42 Å². The molecule has 0 radical (unpaired) electrons. The predicted octanol–water partition coefficient (Wildman–Crippen LogP) is 1.69. The van der Waals surface area contributed by atoms with E-state index in [2.05, 4.69) is 4.98 Å². The van der Waals surface area contributed by atoms with Gasteiger partial charge in [-0.25, -0.2) is 4.98 Å². The first kappa shape index (κ1) is 11.7. The quantitative estimate of drug-likeness (QED) is 0.772. The van der Waals surface area contributed by atoms with Gasteiger partial charge in [-0.05, 0) is 12.1 Å². The molecule has 0 spiro atoms. The van der Waals surface area contributed by atoms with Gasteiger partial charge in [-0.2, -0.15) is 0 Å². The second-order valence-corrected chi connectivity index (χ2v) is 4.36. The maximum absolute atomic E-state index is 11.6. The second-order valence-electron chi connectivity index (χ2n) is 4.36. The Morgan fingerprint density at radius 2 is 2.16 bits per heavy atom. The van der Waals surface area contributed by atoms with Crippen molar-refractivity contribution in [1.82, 2.24) is 9.55 Å². The molecule has 1 unspecified atom stereocenters. The zero-order valence-electron chi connectivity index (χ0n) is 10.2. The first-order valence-corrected chi connectivity index (χ1v) is 5.98. The fraction of sp³-hybridized carbons (Fsp3) is 0.143. The van der Waals surface area contributed by atoms with Crippen LogP contribution >= 0.6 is 0 Å². The topological polar surface area (TPSA) is 74.1 Å². The van der Waals surface area contributed by atoms with Gasteiger partial charge in [0.2, 0.25) is 0 Å². The summed E-state index contributed by atoms with van der Waals surface area (Å²) in [5.41, 5.74) is 6.75. The van der Waals surface area contributed by atoms with E-state index >= 15 is 0 Å². The Morgan fingerprint density at radius 3 is 2.95 bits per heavy atom. The number of benzene rings is 1. The minimum absolute atomic E-state index is 0.124. The lowest BCUT2D eigenvalue weighted by atomic mass is 10.2. The van der Waals surface area contributed by atoms with Gasteiger partial charge >= 0.3 is 0 Å². The van der Waals surface area contributed by atoms with Crippen molar-refractivity contribution >= 4 is 11.0 Å². The summed E-state index contributed by atoms with van der Waals surface area (Å²) in [6, 6.07) is 10.6. The highest BCUT2D eigenvalue weighted by Gasteiger charge is 2.13. The number of nitrogens with zero attached hydrogens (tertiary/aromatic N) is 2. The predicted molar refractivity (Wildman–Crippen MR) is 71.6 cm³/mol. The van der Waals surface area contributed by atoms with E-state index < -0.39 is 0 Å². The number of furan rings is 1. The third kappa shape index (κ3) is 2.28. The van der Waals surface area contributed by atoms with Crippen LogP contribution < -0.4 is 11.3 Å². The standard InChI is InChI=1S/C14H13N3O2/c15-11(8-17-9-16-6-5-14(17)18)13-7-10-3-1-2-4-12(10)19-13/h1-7,9,11H,8,15H2. The first-order valence-electron chi connectivity index (χ1n) is 5.98. The van der Waals surface area contributed by atoms with Crippen LogP contribution in [0.1, 0.15) is 11.8 Å². The zero-order valence-corrected chi connectivity index (χ0v) is 10.2. The van der Waals surface area contributed by atoms with E-state index in [9.17, 15) is 4.79 Å². The number of nitrogens with two attached hydrogens (primary N) is 1. The molecule has 2 N–H and O–H groups in total. The molecule has 2 aromatic heterocycles. The molecule has 19 heavy (non-hydrogen) atoms. The normalized spacial score (nSPS) is 12.7. The minimum Gasteiger partial charge on any atom is -0.459 e. The molecule has 0 aliphatic carbocycles. The average Bonchev–Trinajstić information content (AvgIpc) is 2.85. The van der Waals surface area contributed by atoms with E-state index in [4.69, 9.17) is 10.2 Å². The lowest BCUT2D eigenvalue weighted by molar-refractivity contribution is 0.449. The first-order chi connectivity index (χ1) is 9.24. The summed E-state index contributed by atoms with van der Waals surface area (Å²) in [5.74, 6) is 0.664. The van der Waals surface area contributed by atoms with Crippen LogP contribution in [-0.2, 0) is 6.54 Å². The van der Waals surface area contributed by atoms with Gasteiger partial charge in [-0.1, -0.05) is 18.2 Å². The molecule has 0 bridgehead atoms. The van der Waals surface area contributed by atoms with Crippen LogP contribution in [0.4, 0.5) is 0 Å². The maximum Gasteiger partial charge on any atom is 0.253 e. The molecular weight excluding hydrogens is 242 g/mol. The van der Waals surface area contributed by atoms with E-state index in [0.29, 0.717) is 12.3 Å². The summed E-state index contributed by atoms with van der Waals surface area (Å²) in [6.45, 7) is 0.340. The number of fused-ring (bicyclic) bond motifs is 1. The average molecular weight is 255 g/mol. The highest BCUT2D eigenvalue weighted by Crippen LogP contribution is 2.23. The van der Waals surface area contributed by atoms with Crippen LogP contribution in [0.15, 0.2) is 58.1 Å². The molecule has 2 heterocycles. The monoisotopic (exact) mass is 255 g/mol. The van der Waals surface area contributed by atoms with Gasteiger partial charge in [0.15, 0.2) is 0 Å². The minimum atomic E-state index is -0.380. The Balaban J connectivity index is 1.90. The van der Waals surface area contributed by atoms with Crippen LogP contribution in [-0.4, -0.2) is 9.55 Å². The lowest BCUT2D eigenvalue weighted by Gasteiger charge is -2.09. The molecule has 5 heteroatoms. The fourth-order valence-electron chi connectivity index (χ4n) is 2.00. The highest BCUT2D eigenvalue weighted by molar-refractivity contribution is 5.77. The summed E-state index contributed by atoms with van der Waals surface area (Å²) >= 11 is 0. The Hall–Kier alpha value is -2.40. The van der Waals surface area contributed by atoms with Gasteiger partial charge in [0.05, 0.1) is 12.4 Å². The molecule has 0 saturated carbocycles. The second kappa shape index (κ2) is 4.70. The van der Waals surface area contributed by atoms with Crippen molar-refractivity contribution in [1.29, 1.82) is 0 Å². The molecular formula is C14H13N3O2. The molecule has 96 valence electrons. The molecule has 0 aliphatic heterocycles. The van der Waals surface area contributed by atoms with Gasteiger partial charge in [0, 0.05) is 24.2 Å². The van der Waals surface area contributed by atoms with Crippen molar-refractivity contribution in [3.8, 4) is 0 Å². The molecule has 0 fully saturated rings. The van der Waals surface area contributed by atoms with Crippen molar-refractivity contribution in [3.63, 3.8) is 0 Å². The highest BCUT2D eigenvalue weighted by atomic mass is 16.3. The van der Waals surface area contributed by atoms with Gasteiger partial charge in [-0.3, -0.25) is 9.36 Å². The molecule has 0 aliphatic rings. The largest absolute Gasteiger partial charge is 0.459 e. The number of aromatic nitrogens is 2. The molecule has 0 amide bonds. The molecule has 0 saturated heterocycles. The maximum atomic E-state index is 11.6. The van der Waals surface area contributed by atoms with Crippen LogP contribution in [0, 0.1) is 0 Å². The summed E-state index contributed by atoms with van der Waals surface area (Å²) < 4.78 is 7.15. The van der Waals surface area contributed by atoms with Crippen LogP contribution in [0.25, 0.3) is 11.0 Å². The number of para-hydroxylation sites is 1. The van der Waals surface area contributed by atoms with Crippen LogP contribution in [0.3, 0.4) is 0 Å². The van der Waals surface area contributed by atoms with Crippen LogP contribution in [0.2, 0.25) is 0 Å². The SMILES string of the molecule is NC(Cn1cnccc1=O)c1cc2ccccc2o1. The van der Waals surface area contributed by atoms with Crippen molar-refractivity contribution in [3.05, 3.63) is 65.0 Å². The van der Waals surface area contributed by atoms with Gasteiger partial charge in [0.25, 0.3) is 5.56 Å². The summed E-state index contributed by atoms with van der Waals surface area (Å²) in [5, 5.41) is 1.01. The van der Waals surface area contributed by atoms with Gasteiger partial charge < -0.3 is 10.2 Å². The summed E-state index contributed by atoms with van der Waals surface area (Å²) in [4.78, 5) is 15.5. The summed E-state index contributed by atoms with van der Waals surface area (Å²) in [6.07, 6.45) is 2.94. The Labute approximate surface area is 109 Å². The van der Waals surface area contributed by atoms with Crippen molar-refractivity contribution in [2.45, 2.75) is 12.6 Å². The molecule has 1 atom stereocenters. The van der Waals surface area contributed by atoms with Gasteiger partial charge in [0.1, 0.15) is 11.3 Å². The summed E-state index contributed by atoms with van der Waals surface area (Å²) in [7, 11) is 0. The molecule has 3 aromatic rings. The van der Waals surface area contributed by atoms with E-state index in [1.54, 1.807) is 0 Å². The van der Waals surface area contributed by atoms with Crippen molar-refractivity contribution in [2.75, 3.05) is 0 Å². The van der Waals surface area contributed by atoms with Gasteiger partial charge in [-0.15, -0.1) is 0 Å². The lowest BCUT2D eigenvalue weighted by Crippen LogP contribution is -2.25.